The standard InChI is InChI=1S/C10H17NO2/c1-7(2)10(12)11-8-3-4-9(11)6-13-5-8/h7-9H,3-6H2,1-2H3. The van der Waals surface area contributed by atoms with Crippen LogP contribution in [0.15, 0.2) is 0 Å². The van der Waals surface area contributed by atoms with Crippen LogP contribution in [0.2, 0.25) is 0 Å². The monoisotopic (exact) mass is 183 g/mol. The third-order valence-electron chi connectivity index (χ3n) is 2.99. The van der Waals surface area contributed by atoms with Gasteiger partial charge in [0, 0.05) is 5.92 Å². The first kappa shape index (κ1) is 9.00. The minimum absolute atomic E-state index is 0.126. The van der Waals surface area contributed by atoms with Crippen LogP contribution in [0, 0.1) is 5.92 Å². The van der Waals surface area contributed by atoms with Crippen molar-refractivity contribution in [1.29, 1.82) is 0 Å². The molecule has 2 heterocycles. The Bertz CT molecular complexity index is 199. The number of morpholine rings is 1. The van der Waals surface area contributed by atoms with Gasteiger partial charge in [-0.3, -0.25) is 4.79 Å². The molecule has 2 aliphatic heterocycles. The maximum absolute atomic E-state index is 11.8. The van der Waals surface area contributed by atoms with Crippen molar-refractivity contribution < 1.29 is 9.53 Å². The fourth-order valence-electron chi connectivity index (χ4n) is 2.29. The summed E-state index contributed by atoms with van der Waals surface area (Å²) in [5, 5.41) is 0. The van der Waals surface area contributed by atoms with Crippen LogP contribution >= 0.6 is 0 Å². The van der Waals surface area contributed by atoms with Gasteiger partial charge in [0.25, 0.3) is 0 Å². The average molecular weight is 183 g/mol. The van der Waals surface area contributed by atoms with E-state index in [-0.39, 0.29) is 5.92 Å². The highest BCUT2D eigenvalue weighted by atomic mass is 16.5. The van der Waals surface area contributed by atoms with Gasteiger partial charge >= 0.3 is 0 Å². The van der Waals surface area contributed by atoms with Gasteiger partial charge < -0.3 is 9.64 Å². The van der Waals surface area contributed by atoms with Crippen LogP contribution in [0.25, 0.3) is 0 Å². The Morgan fingerprint density at radius 3 is 2.31 bits per heavy atom. The molecule has 0 saturated carbocycles. The zero-order valence-corrected chi connectivity index (χ0v) is 8.32. The van der Waals surface area contributed by atoms with Gasteiger partial charge in [-0.05, 0) is 12.8 Å². The van der Waals surface area contributed by atoms with Crippen LogP contribution in [-0.4, -0.2) is 36.1 Å². The van der Waals surface area contributed by atoms with Crippen molar-refractivity contribution in [1.82, 2.24) is 4.90 Å². The van der Waals surface area contributed by atoms with Crippen molar-refractivity contribution in [2.24, 2.45) is 5.92 Å². The lowest BCUT2D eigenvalue weighted by molar-refractivity contribution is -0.144. The number of fused-ring (bicyclic) bond motifs is 2. The largest absolute Gasteiger partial charge is 0.377 e. The summed E-state index contributed by atoms with van der Waals surface area (Å²) >= 11 is 0. The first-order chi connectivity index (χ1) is 6.20. The van der Waals surface area contributed by atoms with Crippen LogP contribution < -0.4 is 0 Å². The molecule has 2 aliphatic rings. The molecule has 2 rings (SSSR count). The molecule has 0 aromatic heterocycles. The van der Waals surface area contributed by atoms with Crippen LogP contribution in [-0.2, 0) is 9.53 Å². The van der Waals surface area contributed by atoms with Gasteiger partial charge in [-0.2, -0.15) is 0 Å². The maximum atomic E-state index is 11.8. The predicted octanol–water partition coefficient (Wildman–Crippen LogP) is 1.03. The number of ether oxygens (including phenoxy) is 1. The molecule has 2 atom stereocenters. The van der Waals surface area contributed by atoms with E-state index in [9.17, 15) is 4.79 Å². The quantitative estimate of drug-likeness (QED) is 0.607. The van der Waals surface area contributed by atoms with Gasteiger partial charge in [0.05, 0.1) is 25.3 Å². The number of amides is 1. The highest BCUT2D eigenvalue weighted by Crippen LogP contribution is 2.29. The first-order valence-electron chi connectivity index (χ1n) is 5.10. The van der Waals surface area contributed by atoms with E-state index >= 15 is 0 Å². The number of nitrogens with zero attached hydrogens (tertiary/aromatic N) is 1. The molecule has 0 aromatic carbocycles. The summed E-state index contributed by atoms with van der Waals surface area (Å²) in [4.78, 5) is 13.9. The van der Waals surface area contributed by atoms with Gasteiger partial charge in [0.2, 0.25) is 5.91 Å². The minimum atomic E-state index is 0.126. The lowest BCUT2D eigenvalue weighted by Crippen LogP contribution is -2.50. The van der Waals surface area contributed by atoms with E-state index in [2.05, 4.69) is 4.90 Å². The van der Waals surface area contributed by atoms with Crippen LogP contribution in [0.5, 0.6) is 0 Å². The Morgan fingerprint density at radius 1 is 1.31 bits per heavy atom. The van der Waals surface area contributed by atoms with E-state index in [4.69, 9.17) is 4.74 Å². The Labute approximate surface area is 79.0 Å². The van der Waals surface area contributed by atoms with Gasteiger partial charge in [-0.25, -0.2) is 0 Å². The van der Waals surface area contributed by atoms with E-state index < -0.39 is 0 Å². The molecule has 13 heavy (non-hydrogen) atoms. The molecular weight excluding hydrogens is 166 g/mol. The zero-order valence-electron chi connectivity index (χ0n) is 8.32. The maximum Gasteiger partial charge on any atom is 0.225 e. The van der Waals surface area contributed by atoms with Crippen molar-refractivity contribution >= 4 is 5.91 Å². The molecule has 0 radical (unpaired) electrons. The van der Waals surface area contributed by atoms with Crippen molar-refractivity contribution in [2.75, 3.05) is 13.2 Å². The van der Waals surface area contributed by atoms with E-state index in [0.717, 1.165) is 26.1 Å². The Hall–Kier alpha value is -0.570. The number of carbonyl (C=O) groups is 1. The second-order valence-electron chi connectivity index (χ2n) is 4.32. The highest BCUT2D eigenvalue weighted by molar-refractivity contribution is 5.79. The molecule has 2 saturated heterocycles. The molecular formula is C10H17NO2. The Morgan fingerprint density at radius 2 is 1.85 bits per heavy atom. The van der Waals surface area contributed by atoms with Gasteiger partial charge in [0.1, 0.15) is 0 Å². The smallest absolute Gasteiger partial charge is 0.225 e. The third kappa shape index (κ3) is 1.46. The van der Waals surface area contributed by atoms with Crippen LogP contribution in [0.1, 0.15) is 26.7 Å². The van der Waals surface area contributed by atoms with Gasteiger partial charge in [0.15, 0.2) is 0 Å². The summed E-state index contributed by atoms with van der Waals surface area (Å²) in [6.45, 7) is 5.43. The summed E-state index contributed by atoms with van der Waals surface area (Å²) < 4.78 is 5.42. The van der Waals surface area contributed by atoms with Crippen LogP contribution in [0.3, 0.4) is 0 Å². The number of rotatable bonds is 1. The van der Waals surface area contributed by atoms with E-state index in [1.165, 1.54) is 0 Å². The fourth-order valence-corrected chi connectivity index (χ4v) is 2.29. The number of hydrogen-bond donors (Lipinski definition) is 0. The molecule has 0 spiro atoms. The molecule has 2 fully saturated rings. The summed E-state index contributed by atoms with van der Waals surface area (Å²) in [6.07, 6.45) is 2.26. The first-order valence-corrected chi connectivity index (χ1v) is 5.10. The SMILES string of the molecule is CC(C)C(=O)N1C2CCC1COC2. The van der Waals surface area contributed by atoms with Crippen molar-refractivity contribution in [3.05, 3.63) is 0 Å². The van der Waals surface area contributed by atoms with Crippen LogP contribution in [0.4, 0.5) is 0 Å². The molecule has 3 nitrogen and oxygen atoms in total. The molecule has 2 unspecified atom stereocenters. The predicted molar refractivity (Wildman–Crippen MR) is 49.3 cm³/mol. The summed E-state index contributed by atoms with van der Waals surface area (Å²) in [6, 6.07) is 0.738. The van der Waals surface area contributed by atoms with Crippen molar-refractivity contribution in [3.8, 4) is 0 Å². The highest BCUT2D eigenvalue weighted by Gasteiger charge is 2.40. The molecule has 0 aliphatic carbocycles. The average Bonchev–Trinajstić information content (AvgIpc) is 2.34. The number of carbonyl (C=O) groups excluding carboxylic acids is 1. The summed E-state index contributed by atoms with van der Waals surface area (Å²) in [5.74, 6) is 0.428. The van der Waals surface area contributed by atoms with Gasteiger partial charge in [-0.1, -0.05) is 13.8 Å². The minimum Gasteiger partial charge on any atom is -0.377 e. The summed E-state index contributed by atoms with van der Waals surface area (Å²) in [5.41, 5.74) is 0. The van der Waals surface area contributed by atoms with E-state index in [1.807, 2.05) is 13.8 Å². The van der Waals surface area contributed by atoms with E-state index in [0.29, 0.717) is 18.0 Å². The Balaban J connectivity index is 2.10. The lowest BCUT2D eigenvalue weighted by Gasteiger charge is -2.35. The Kier molecular flexibility index (Phi) is 2.28. The molecule has 3 heteroatoms. The van der Waals surface area contributed by atoms with Gasteiger partial charge in [-0.15, -0.1) is 0 Å². The number of hydrogen-bond acceptors (Lipinski definition) is 2. The lowest BCUT2D eigenvalue weighted by atomic mass is 10.1. The zero-order chi connectivity index (χ0) is 9.42. The normalized spacial score (nSPS) is 32.7. The topological polar surface area (TPSA) is 29.5 Å². The second kappa shape index (κ2) is 3.29. The van der Waals surface area contributed by atoms with Crippen molar-refractivity contribution in [2.45, 2.75) is 38.8 Å². The molecule has 1 amide bonds. The second-order valence-corrected chi connectivity index (χ2v) is 4.32. The third-order valence-corrected chi connectivity index (χ3v) is 2.99. The van der Waals surface area contributed by atoms with Crippen molar-refractivity contribution in [3.63, 3.8) is 0 Å². The van der Waals surface area contributed by atoms with E-state index in [1.54, 1.807) is 0 Å². The summed E-state index contributed by atoms with van der Waals surface area (Å²) in [7, 11) is 0. The molecule has 0 N–H and O–H groups in total. The molecule has 0 aromatic rings. The molecule has 74 valence electrons. The fraction of sp³-hybridized carbons (Fsp3) is 0.900. The molecule has 2 bridgehead atoms.